The summed E-state index contributed by atoms with van der Waals surface area (Å²) in [5, 5.41) is 14.4. The third kappa shape index (κ3) is 1.74. The predicted octanol–water partition coefficient (Wildman–Crippen LogP) is 2.19. The number of aryl methyl sites for hydroxylation is 1. The number of alkyl halides is 3. The van der Waals surface area contributed by atoms with Crippen LogP contribution in [0.2, 0.25) is 0 Å². The van der Waals surface area contributed by atoms with Gasteiger partial charge in [-0.3, -0.25) is 0 Å². The van der Waals surface area contributed by atoms with E-state index < -0.39 is 11.9 Å². The Kier molecular flexibility index (Phi) is 2.36. The van der Waals surface area contributed by atoms with Gasteiger partial charge in [0.2, 0.25) is 0 Å². The van der Waals surface area contributed by atoms with Gasteiger partial charge < -0.3 is 15.7 Å². The molecule has 0 spiro atoms. The first-order valence-electron chi connectivity index (χ1n) is 4.88. The summed E-state index contributed by atoms with van der Waals surface area (Å²) in [6.45, 7) is 5.02. The summed E-state index contributed by atoms with van der Waals surface area (Å²) in [7, 11) is 0. The Morgan fingerprint density at radius 1 is 1.35 bits per heavy atom. The lowest BCUT2D eigenvalue weighted by Gasteiger charge is -2.38. The van der Waals surface area contributed by atoms with Crippen molar-refractivity contribution in [1.82, 2.24) is 5.32 Å². The number of halogens is 3. The van der Waals surface area contributed by atoms with Gasteiger partial charge in [0.1, 0.15) is 0 Å². The Morgan fingerprint density at radius 2 is 2.00 bits per heavy atom. The smallest absolute Gasteiger partial charge is 0.360 e. The molecule has 1 aromatic rings. The molecule has 1 aliphatic heterocycles. The van der Waals surface area contributed by atoms with E-state index in [0.29, 0.717) is 5.56 Å². The van der Waals surface area contributed by atoms with Crippen molar-refractivity contribution in [1.29, 1.82) is 0 Å². The van der Waals surface area contributed by atoms with Crippen molar-refractivity contribution < 1.29 is 18.3 Å². The van der Waals surface area contributed by atoms with Gasteiger partial charge in [0.15, 0.2) is 0 Å². The van der Waals surface area contributed by atoms with Crippen molar-refractivity contribution in [3.63, 3.8) is 0 Å². The third-order valence-corrected chi connectivity index (χ3v) is 2.59. The van der Waals surface area contributed by atoms with Crippen LogP contribution in [0.3, 0.4) is 0 Å². The quantitative estimate of drug-likeness (QED) is 0.655. The highest BCUT2D eigenvalue weighted by atomic mass is 19.4. The van der Waals surface area contributed by atoms with Crippen LogP contribution in [0.25, 0.3) is 0 Å². The number of rotatable bonds is 0. The molecule has 1 unspecified atom stereocenters. The molecule has 92 valence electrons. The topological polar surface area (TPSA) is 44.3 Å². The molecule has 1 heterocycles. The Bertz CT molecular complexity index is 484. The molecule has 2 rings (SSSR count). The molecule has 3 N–H and O–H groups in total. The Labute approximate surface area is 96.0 Å². The molecule has 0 saturated carbocycles. The molecule has 1 aliphatic rings. The summed E-state index contributed by atoms with van der Waals surface area (Å²) in [5.41, 5.74) is -2.53. The maximum atomic E-state index is 12.9. The lowest BCUT2D eigenvalue weighted by Crippen LogP contribution is -2.56. The van der Waals surface area contributed by atoms with E-state index in [1.54, 1.807) is 13.0 Å². The molecule has 0 aromatic heterocycles. The van der Waals surface area contributed by atoms with E-state index in [1.807, 2.05) is 5.32 Å². The van der Waals surface area contributed by atoms with Crippen molar-refractivity contribution in [2.24, 2.45) is 0 Å². The number of hydrogen-bond donors (Lipinski definition) is 3. The second-order valence-corrected chi connectivity index (χ2v) is 3.99. The third-order valence-electron chi connectivity index (χ3n) is 2.59. The highest BCUT2D eigenvalue weighted by molar-refractivity contribution is 5.61. The van der Waals surface area contributed by atoms with Gasteiger partial charge >= 0.3 is 6.18 Å². The predicted molar refractivity (Wildman–Crippen MR) is 57.0 cm³/mol. The van der Waals surface area contributed by atoms with Gasteiger partial charge in [-0.05, 0) is 19.1 Å². The van der Waals surface area contributed by atoms with E-state index in [2.05, 4.69) is 11.9 Å². The summed E-state index contributed by atoms with van der Waals surface area (Å²) < 4.78 is 38.8. The van der Waals surface area contributed by atoms with Gasteiger partial charge in [0.25, 0.3) is 5.72 Å². The summed E-state index contributed by atoms with van der Waals surface area (Å²) in [4.78, 5) is 0. The minimum absolute atomic E-state index is 0.0961. The van der Waals surface area contributed by atoms with Crippen LogP contribution in [0.1, 0.15) is 11.1 Å². The van der Waals surface area contributed by atoms with Crippen molar-refractivity contribution in [2.45, 2.75) is 18.8 Å². The molecule has 0 amide bonds. The van der Waals surface area contributed by atoms with Crippen molar-refractivity contribution in [2.75, 3.05) is 5.32 Å². The molecule has 3 nitrogen and oxygen atoms in total. The molecule has 0 bridgehead atoms. The first kappa shape index (κ1) is 11.8. The number of aliphatic hydroxyl groups is 1. The number of anilines is 1. The monoisotopic (exact) mass is 244 g/mol. The second kappa shape index (κ2) is 3.40. The molecule has 0 radical (unpaired) electrons. The van der Waals surface area contributed by atoms with Gasteiger partial charge in [-0.15, -0.1) is 0 Å². The van der Waals surface area contributed by atoms with Crippen molar-refractivity contribution in [3.8, 4) is 0 Å². The molecule has 1 aromatic carbocycles. The van der Waals surface area contributed by atoms with Crippen LogP contribution >= 0.6 is 0 Å². The van der Waals surface area contributed by atoms with E-state index in [0.717, 1.165) is 0 Å². The van der Waals surface area contributed by atoms with Crippen molar-refractivity contribution in [3.05, 3.63) is 41.7 Å². The fourth-order valence-corrected chi connectivity index (χ4v) is 1.77. The zero-order valence-corrected chi connectivity index (χ0v) is 9.02. The van der Waals surface area contributed by atoms with Gasteiger partial charge in [0, 0.05) is 11.3 Å². The normalized spacial score (nSPS) is 23.7. The number of hydrogen-bond acceptors (Lipinski definition) is 3. The Balaban J connectivity index is 2.65. The lowest BCUT2D eigenvalue weighted by molar-refractivity contribution is -0.277. The summed E-state index contributed by atoms with van der Waals surface area (Å²) in [6.07, 6.45) is -4.83. The van der Waals surface area contributed by atoms with E-state index in [4.69, 9.17) is 0 Å². The lowest BCUT2D eigenvalue weighted by atomic mass is 9.96. The van der Waals surface area contributed by atoms with E-state index in [9.17, 15) is 18.3 Å². The molecule has 0 saturated heterocycles. The van der Waals surface area contributed by atoms with Crippen LogP contribution < -0.4 is 10.6 Å². The maximum absolute atomic E-state index is 12.9. The second-order valence-electron chi connectivity index (χ2n) is 3.99. The largest absolute Gasteiger partial charge is 0.441 e. The molecule has 17 heavy (non-hydrogen) atoms. The molecule has 0 fully saturated rings. The zero-order valence-electron chi connectivity index (χ0n) is 9.02. The van der Waals surface area contributed by atoms with Crippen LogP contribution in [-0.4, -0.2) is 11.3 Å². The summed E-state index contributed by atoms with van der Waals surface area (Å²) >= 11 is 0. The van der Waals surface area contributed by atoms with Crippen LogP contribution in [0.15, 0.2) is 30.6 Å². The minimum atomic E-state index is -4.83. The minimum Gasteiger partial charge on any atom is -0.360 e. The first-order chi connectivity index (χ1) is 7.74. The average Bonchev–Trinajstić information content (AvgIpc) is 2.17. The zero-order chi connectivity index (χ0) is 12.8. The highest BCUT2D eigenvalue weighted by Crippen LogP contribution is 2.43. The maximum Gasteiger partial charge on any atom is 0.441 e. The molecule has 6 heteroatoms. The Morgan fingerprint density at radius 3 is 2.59 bits per heavy atom. The standard InChI is InChI=1S/C11H11F3N2O/c1-6-3-4-9-8(5-6)10(17,11(12,13)14)16-7(2)15-9/h3-5,15-17H,2H2,1H3. The molecule has 0 aliphatic carbocycles. The van der Waals surface area contributed by atoms with E-state index in [1.165, 1.54) is 12.1 Å². The van der Waals surface area contributed by atoms with Crippen LogP contribution in [-0.2, 0) is 5.72 Å². The van der Waals surface area contributed by atoms with Crippen molar-refractivity contribution >= 4 is 5.69 Å². The highest BCUT2D eigenvalue weighted by Gasteiger charge is 2.58. The Hall–Kier alpha value is -1.69. The SMILES string of the molecule is C=C1Nc2ccc(C)cc2C(O)(C(F)(F)F)N1. The van der Waals surface area contributed by atoms with E-state index in [-0.39, 0.29) is 17.1 Å². The van der Waals surface area contributed by atoms with E-state index >= 15 is 0 Å². The molecular weight excluding hydrogens is 233 g/mol. The summed E-state index contributed by atoms with van der Waals surface area (Å²) in [5.74, 6) is -0.0961. The van der Waals surface area contributed by atoms with Gasteiger partial charge in [0.05, 0.1) is 5.82 Å². The number of benzene rings is 1. The van der Waals surface area contributed by atoms with Crippen LogP contribution in [0.5, 0.6) is 0 Å². The van der Waals surface area contributed by atoms with Crippen LogP contribution in [0, 0.1) is 6.92 Å². The van der Waals surface area contributed by atoms with Crippen LogP contribution in [0.4, 0.5) is 18.9 Å². The summed E-state index contributed by atoms with van der Waals surface area (Å²) in [6, 6.07) is 4.42. The van der Waals surface area contributed by atoms with Gasteiger partial charge in [-0.25, -0.2) is 0 Å². The fourth-order valence-electron chi connectivity index (χ4n) is 1.77. The first-order valence-corrected chi connectivity index (χ1v) is 4.88. The number of nitrogens with one attached hydrogen (secondary N) is 2. The average molecular weight is 244 g/mol. The van der Waals surface area contributed by atoms with Gasteiger partial charge in [-0.1, -0.05) is 18.2 Å². The number of fused-ring (bicyclic) bond motifs is 1. The fraction of sp³-hybridized carbons (Fsp3) is 0.273. The van der Waals surface area contributed by atoms with Gasteiger partial charge in [-0.2, -0.15) is 13.2 Å². The molecule has 1 atom stereocenters. The molecular formula is C11H11F3N2O.